The lowest BCUT2D eigenvalue weighted by atomic mass is 10.1. The zero-order chi connectivity index (χ0) is 11.5. The van der Waals surface area contributed by atoms with Crippen molar-refractivity contribution in [2.24, 2.45) is 0 Å². The summed E-state index contributed by atoms with van der Waals surface area (Å²) in [5.74, 6) is 0. The van der Waals surface area contributed by atoms with Gasteiger partial charge in [0.05, 0.1) is 4.92 Å². The molecule has 2 aromatic heterocycles. The van der Waals surface area contributed by atoms with Crippen molar-refractivity contribution in [2.45, 2.75) is 6.92 Å². The lowest BCUT2D eigenvalue weighted by Crippen LogP contribution is -1.95. The molecule has 2 aromatic rings. The van der Waals surface area contributed by atoms with Crippen molar-refractivity contribution in [3.05, 3.63) is 52.6 Å². The first-order valence-electron chi connectivity index (χ1n) is 4.70. The molecule has 0 amide bonds. The number of pyridine rings is 2. The van der Waals surface area contributed by atoms with Crippen LogP contribution in [0.25, 0.3) is 11.1 Å². The minimum atomic E-state index is -0.428. The molecule has 0 N–H and O–H groups in total. The van der Waals surface area contributed by atoms with Gasteiger partial charge in [-0.2, -0.15) is 0 Å². The third kappa shape index (κ3) is 1.88. The zero-order valence-electron chi connectivity index (χ0n) is 8.62. The summed E-state index contributed by atoms with van der Waals surface area (Å²) in [6.45, 7) is 1.62. The first kappa shape index (κ1) is 10.2. The number of aryl methyl sites for hydroxylation is 1. The number of hydrogen-bond donors (Lipinski definition) is 0. The average molecular weight is 215 g/mol. The van der Waals surface area contributed by atoms with Gasteiger partial charge in [0, 0.05) is 35.8 Å². The van der Waals surface area contributed by atoms with Crippen LogP contribution >= 0.6 is 0 Å². The van der Waals surface area contributed by atoms with Crippen LogP contribution in [0.3, 0.4) is 0 Å². The second-order valence-corrected chi connectivity index (χ2v) is 3.33. The van der Waals surface area contributed by atoms with Crippen LogP contribution < -0.4 is 0 Å². The van der Waals surface area contributed by atoms with Gasteiger partial charge in [0.15, 0.2) is 0 Å². The third-order valence-corrected chi connectivity index (χ3v) is 2.25. The molecule has 0 saturated carbocycles. The van der Waals surface area contributed by atoms with E-state index in [0.717, 1.165) is 5.56 Å². The van der Waals surface area contributed by atoms with Crippen LogP contribution in [0.5, 0.6) is 0 Å². The Bertz CT molecular complexity index is 526. The van der Waals surface area contributed by atoms with Crippen molar-refractivity contribution in [1.29, 1.82) is 0 Å². The van der Waals surface area contributed by atoms with Gasteiger partial charge in [-0.05, 0) is 13.0 Å². The molecule has 5 heteroatoms. The quantitative estimate of drug-likeness (QED) is 0.569. The molecule has 2 rings (SSSR count). The number of nitrogens with zero attached hydrogens (tertiary/aromatic N) is 3. The van der Waals surface area contributed by atoms with Gasteiger partial charge in [0.25, 0.3) is 5.69 Å². The molecule has 0 aromatic carbocycles. The van der Waals surface area contributed by atoms with Gasteiger partial charge in [-0.1, -0.05) is 6.07 Å². The maximum Gasteiger partial charge on any atom is 0.291 e. The Labute approximate surface area is 91.9 Å². The number of hydrogen-bond acceptors (Lipinski definition) is 4. The van der Waals surface area contributed by atoms with E-state index in [1.54, 1.807) is 31.6 Å². The van der Waals surface area contributed by atoms with Gasteiger partial charge in [0.2, 0.25) is 0 Å². The van der Waals surface area contributed by atoms with E-state index in [-0.39, 0.29) is 5.69 Å². The van der Waals surface area contributed by atoms with Crippen LogP contribution in [-0.4, -0.2) is 14.9 Å². The van der Waals surface area contributed by atoms with E-state index in [4.69, 9.17) is 0 Å². The van der Waals surface area contributed by atoms with Crippen molar-refractivity contribution in [2.75, 3.05) is 0 Å². The molecule has 0 fully saturated rings. The topological polar surface area (TPSA) is 68.9 Å². The molecule has 16 heavy (non-hydrogen) atoms. The monoisotopic (exact) mass is 215 g/mol. The molecular formula is C11H9N3O2. The van der Waals surface area contributed by atoms with Crippen molar-refractivity contribution < 1.29 is 4.92 Å². The summed E-state index contributed by atoms with van der Waals surface area (Å²) in [6.07, 6.45) is 4.91. The van der Waals surface area contributed by atoms with Crippen molar-refractivity contribution in [1.82, 2.24) is 9.97 Å². The third-order valence-electron chi connectivity index (χ3n) is 2.25. The summed E-state index contributed by atoms with van der Waals surface area (Å²) >= 11 is 0. The van der Waals surface area contributed by atoms with Crippen LogP contribution in [0, 0.1) is 17.0 Å². The van der Waals surface area contributed by atoms with Gasteiger partial charge in [-0.25, -0.2) is 0 Å². The second kappa shape index (κ2) is 4.06. The molecule has 5 nitrogen and oxygen atoms in total. The molecule has 0 unspecified atom stereocenters. The highest BCUT2D eigenvalue weighted by Crippen LogP contribution is 2.23. The number of rotatable bonds is 2. The zero-order valence-corrected chi connectivity index (χ0v) is 8.62. The summed E-state index contributed by atoms with van der Waals surface area (Å²) in [7, 11) is 0. The predicted molar refractivity (Wildman–Crippen MR) is 58.9 cm³/mol. The van der Waals surface area contributed by atoms with Crippen LogP contribution in [-0.2, 0) is 0 Å². The Morgan fingerprint density at radius 3 is 2.75 bits per heavy atom. The van der Waals surface area contributed by atoms with Gasteiger partial charge in [0.1, 0.15) is 5.69 Å². The molecule has 0 spiro atoms. The van der Waals surface area contributed by atoms with E-state index >= 15 is 0 Å². The molecule has 0 saturated heterocycles. The highest BCUT2D eigenvalue weighted by Gasteiger charge is 2.12. The van der Waals surface area contributed by atoms with E-state index in [9.17, 15) is 10.1 Å². The van der Waals surface area contributed by atoms with Gasteiger partial charge >= 0.3 is 0 Å². The highest BCUT2D eigenvalue weighted by atomic mass is 16.6. The molecule has 0 aliphatic carbocycles. The van der Waals surface area contributed by atoms with E-state index in [2.05, 4.69) is 9.97 Å². The normalized spacial score (nSPS) is 10.1. The molecule has 0 radical (unpaired) electrons. The fraction of sp³-hybridized carbons (Fsp3) is 0.0909. The fourth-order valence-electron chi connectivity index (χ4n) is 1.40. The Hall–Kier alpha value is -2.30. The van der Waals surface area contributed by atoms with Crippen LogP contribution in [0.4, 0.5) is 5.69 Å². The summed E-state index contributed by atoms with van der Waals surface area (Å²) in [4.78, 5) is 18.3. The van der Waals surface area contributed by atoms with E-state index < -0.39 is 4.92 Å². The van der Waals surface area contributed by atoms with Gasteiger partial charge < -0.3 is 0 Å². The molecule has 0 aliphatic heterocycles. The largest absolute Gasteiger partial charge is 0.291 e. The van der Waals surface area contributed by atoms with Crippen molar-refractivity contribution >= 4 is 5.69 Å². The highest BCUT2D eigenvalue weighted by molar-refractivity contribution is 5.64. The Balaban J connectivity index is 2.52. The summed E-state index contributed by atoms with van der Waals surface area (Å²) in [5.41, 5.74) is 1.96. The van der Waals surface area contributed by atoms with Gasteiger partial charge in [-0.3, -0.25) is 20.1 Å². The maximum atomic E-state index is 10.8. The maximum absolute atomic E-state index is 10.8. The van der Waals surface area contributed by atoms with Gasteiger partial charge in [-0.15, -0.1) is 0 Å². The SMILES string of the molecule is Cc1ncc(-c2cccnc2)cc1[N+](=O)[O-]. The smallest absolute Gasteiger partial charge is 0.264 e. The molecule has 0 aliphatic rings. The van der Waals surface area contributed by atoms with Crippen molar-refractivity contribution in [3.63, 3.8) is 0 Å². The first-order chi connectivity index (χ1) is 7.68. The molecular weight excluding hydrogens is 206 g/mol. The average Bonchev–Trinajstić information content (AvgIpc) is 2.30. The number of aromatic nitrogens is 2. The summed E-state index contributed by atoms with van der Waals surface area (Å²) in [5, 5.41) is 10.8. The Morgan fingerprint density at radius 1 is 1.31 bits per heavy atom. The Kier molecular flexibility index (Phi) is 2.59. The Morgan fingerprint density at radius 2 is 2.12 bits per heavy atom. The second-order valence-electron chi connectivity index (χ2n) is 3.33. The van der Waals surface area contributed by atoms with Crippen LogP contribution in [0.1, 0.15) is 5.69 Å². The molecule has 0 atom stereocenters. The first-order valence-corrected chi connectivity index (χ1v) is 4.70. The lowest BCUT2D eigenvalue weighted by molar-refractivity contribution is -0.385. The molecule has 80 valence electrons. The fourth-order valence-corrected chi connectivity index (χ4v) is 1.40. The van der Waals surface area contributed by atoms with E-state index in [1.165, 1.54) is 6.07 Å². The predicted octanol–water partition coefficient (Wildman–Crippen LogP) is 2.36. The minimum absolute atomic E-state index is 0.0290. The molecule has 2 heterocycles. The van der Waals surface area contributed by atoms with E-state index in [0.29, 0.717) is 11.3 Å². The molecule has 0 bridgehead atoms. The lowest BCUT2D eigenvalue weighted by Gasteiger charge is -2.01. The summed E-state index contributed by atoms with van der Waals surface area (Å²) < 4.78 is 0. The minimum Gasteiger partial charge on any atom is -0.264 e. The van der Waals surface area contributed by atoms with Crippen LogP contribution in [0.15, 0.2) is 36.8 Å². The summed E-state index contributed by atoms with van der Waals surface area (Å²) in [6, 6.07) is 5.13. The van der Waals surface area contributed by atoms with E-state index in [1.807, 2.05) is 6.07 Å². The van der Waals surface area contributed by atoms with Crippen molar-refractivity contribution in [3.8, 4) is 11.1 Å². The standard InChI is InChI=1S/C11H9N3O2/c1-8-11(14(15)16)5-10(7-13-8)9-3-2-4-12-6-9/h2-7H,1H3. The number of nitro groups is 1. The van der Waals surface area contributed by atoms with Crippen LogP contribution in [0.2, 0.25) is 0 Å².